The van der Waals surface area contributed by atoms with Crippen LogP contribution in [0.25, 0.3) is 0 Å². The van der Waals surface area contributed by atoms with E-state index in [-0.39, 0.29) is 0 Å². The van der Waals surface area contributed by atoms with Crippen molar-refractivity contribution in [3.63, 3.8) is 0 Å². The average Bonchev–Trinajstić information content (AvgIpc) is 2.35. The van der Waals surface area contributed by atoms with Crippen LogP contribution < -0.4 is 5.32 Å². The van der Waals surface area contributed by atoms with E-state index in [2.05, 4.69) is 19.2 Å². The van der Waals surface area contributed by atoms with Crippen LogP contribution in [0.15, 0.2) is 0 Å². The minimum Gasteiger partial charge on any atom is -0.481 e. The van der Waals surface area contributed by atoms with E-state index in [4.69, 9.17) is 0 Å². The first-order valence-corrected chi connectivity index (χ1v) is 7.08. The zero-order chi connectivity index (χ0) is 12.7. The highest BCUT2D eigenvalue weighted by Gasteiger charge is 2.40. The summed E-state index contributed by atoms with van der Waals surface area (Å²) in [7, 11) is 0. The van der Waals surface area contributed by atoms with Crippen LogP contribution in [0, 0.1) is 11.3 Å². The molecule has 0 aromatic rings. The molecule has 0 aromatic heterocycles. The second-order valence-corrected chi connectivity index (χ2v) is 5.46. The summed E-state index contributed by atoms with van der Waals surface area (Å²) in [6, 6.07) is 0. The third-order valence-corrected chi connectivity index (χ3v) is 4.24. The number of nitrogens with one attached hydrogen (secondary N) is 1. The fourth-order valence-corrected chi connectivity index (χ4v) is 2.91. The third-order valence-electron chi connectivity index (χ3n) is 4.24. The molecule has 0 aromatic carbocycles. The van der Waals surface area contributed by atoms with E-state index >= 15 is 0 Å². The fraction of sp³-hybridized carbons (Fsp3) is 0.929. The summed E-state index contributed by atoms with van der Waals surface area (Å²) in [5, 5.41) is 12.8. The number of rotatable bonds is 7. The van der Waals surface area contributed by atoms with Crippen molar-refractivity contribution >= 4 is 5.97 Å². The van der Waals surface area contributed by atoms with Gasteiger partial charge in [0.25, 0.3) is 0 Å². The molecule has 0 radical (unpaired) electrons. The molecule has 1 saturated heterocycles. The SMILES string of the molecule is CCCCC(CC)CC1(C(=O)O)CCNCC1. The van der Waals surface area contributed by atoms with Gasteiger partial charge in [0.1, 0.15) is 0 Å². The number of piperidine rings is 1. The zero-order valence-electron chi connectivity index (χ0n) is 11.3. The molecule has 100 valence electrons. The normalized spacial score (nSPS) is 21.1. The Bertz CT molecular complexity index is 234. The lowest BCUT2D eigenvalue weighted by atomic mass is 9.71. The van der Waals surface area contributed by atoms with Gasteiger partial charge in [0, 0.05) is 0 Å². The van der Waals surface area contributed by atoms with E-state index in [0.29, 0.717) is 5.92 Å². The van der Waals surface area contributed by atoms with Crippen molar-refractivity contribution in [1.82, 2.24) is 5.32 Å². The summed E-state index contributed by atoms with van der Waals surface area (Å²) in [5.74, 6) is 0.0121. The highest BCUT2D eigenvalue weighted by atomic mass is 16.4. The Morgan fingerprint density at radius 3 is 2.47 bits per heavy atom. The van der Waals surface area contributed by atoms with E-state index < -0.39 is 11.4 Å². The van der Waals surface area contributed by atoms with Crippen LogP contribution >= 0.6 is 0 Å². The van der Waals surface area contributed by atoms with Gasteiger partial charge in [-0.3, -0.25) is 4.79 Å². The Morgan fingerprint density at radius 2 is 2.00 bits per heavy atom. The lowest BCUT2D eigenvalue weighted by molar-refractivity contribution is -0.152. The van der Waals surface area contributed by atoms with Gasteiger partial charge < -0.3 is 10.4 Å². The lowest BCUT2D eigenvalue weighted by Crippen LogP contribution is -2.43. The van der Waals surface area contributed by atoms with Crippen molar-refractivity contribution in [3.05, 3.63) is 0 Å². The fourth-order valence-electron chi connectivity index (χ4n) is 2.91. The van der Waals surface area contributed by atoms with Crippen LogP contribution in [0.5, 0.6) is 0 Å². The first-order chi connectivity index (χ1) is 8.14. The molecule has 17 heavy (non-hydrogen) atoms. The Morgan fingerprint density at radius 1 is 1.35 bits per heavy atom. The average molecular weight is 241 g/mol. The summed E-state index contributed by atoms with van der Waals surface area (Å²) in [6.07, 6.45) is 7.21. The van der Waals surface area contributed by atoms with Gasteiger partial charge >= 0.3 is 5.97 Å². The molecule has 1 atom stereocenters. The second kappa shape index (κ2) is 7.00. The van der Waals surface area contributed by atoms with Crippen molar-refractivity contribution in [3.8, 4) is 0 Å². The molecule has 3 nitrogen and oxygen atoms in total. The molecule has 2 N–H and O–H groups in total. The topological polar surface area (TPSA) is 49.3 Å². The Hall–Kier alpha value is -0.570. The van der Waals surface area contributed by atoms with Gasteiger partial charge in [0.05, 0.1) is 5.41 Å². The Kier molecular flexibility index (Phi) is 5.96. The maximum absolute atomic E-state index is 11.6. The molecule has 1 unspecified atom stereocenters. The number of hydrogen-bond donors (Lipinski definition) is 2. The summed E-state index contributed by atoms with van der Waals surface area (Å²) in [4.78, 5) is 11.6. The molecule has 0 aliphatic carbocycles. The van der Waals surface area contributed by atoms with Crippen LogP contribution in [0.1, 0.15) is 58.8 Å². The van der Waals surface area contributed by atoms with Gasteiger partial charge in [-0.1, -0.05) is 39.5 Å². The number of aliphatic carboxylic acids is 1. The van der Waals surface area contributed by atoms with Crippen LogP contribution in [0.3, 0.4) is 0 Å². The maximum atomic E-state index is 11.6. The van der Waals surface area contributed by atoms with Crippen molar-refractivity contribution in [2.45, 2.75) is 58.8 Å². The molecule has 1 heterocycles. The Balaban J connectivity index is 2.60. The molecule has 0 spiro atoms. The highest BCUT2D eigenvalue weighted by Crippen LogP contribution is 2.38. The first kappa shape index (κ1) is 14.5. The van der Waals surface area contributed by atoms with Crippen molar-refractivity contribution < 1.29 is 9.90 Å². The van der Waals surface area contributed by atoms with Crippen molar-refractivity contribution in [2.75, 3.05) is 13.1 Å². The molecule has 0 saturated carbocycles. The number of unbranched alkanes of at least 4 members (excludes halogenated alkanes) is 1. The monoisotopic (exact) mass is 241 g/mol. The first-order valence-electron chi connectivity index (χ1n) is 7.08. The van der Waals surface area contributed by atoms with Gasteiger partial charge in [0.15, 0.2) is 0 Å². The minimum absolute atomic E-state index is 0.445. The van der Waals surface area contributed by atoms with Gasteiger partial charge in [-0.25, -0.2) is 0 Å². The maximum Gasteiger partial charge on any atom is 0.309 e. The smallest absolute Gasteiger partial charge is 0.309 e. The standard InChI is InChI=1S/C14H27NO2/c1-3-5-6-12(4-2)11-14(13(16)17)7-9-15-10-8-14/h12,15H,3-11H2,1-2H3,(H,16,17). The quantitative estimate of drug-likeness (QED) is 0.720. The molecule has 1 rings (SSSR count). The molecule has 1 aliphatic rings. The summed E-state index contributed by atoms with van der Waals surface area (Å²) in [5.41, 5.74) is -0.445. The lowest BCUT2D eigenvalue weighted by Gasteiger charge is -2.36. The summed E-state index contributed by atoms with van der Waals surface area (Å²) < 4.78 is 0. The molecular weight excluding hydrogens is 214 g/mol. The van der Waals surface area contributed by atoms with E-state index in [1.807, 2.05) is 0 Å². The second-order valence-electron chi connectivity index (χ2n) is 5.46. The molecule has 1 fully saturated rings. The van der Waals surface area contributed by atoms with Gasteiger partial charge in [-0.15, -0.1) is 0 Å². The van der Waals surface area contributed by atoms with Gasteiger partial charge in [0.2, 0.25) is 0 Å². The van der Waals surface area contributed by atoms with Crippen LogP contribution in [-0.2, 0) is 4.79 Å². The zero-order valence-corrected chi connectivity index (χ0v) is 11.3. The largest absolute Gasteiger partial charge is 0.481 e. The predicted molar refractivity (Wildman–Crippen MR) is 70.1 cm³/mol. The number of carboxylic acid groups (broad SMARTS) is 1. The number of hydrogen-bond acceptors (Lipinski definition) is 2. The third kappa shape index (κ3) is 3.98. The number of carboxylic acids is 1. The van der Waals surface area contributed by atoms with Crippen LogP contribution in [0.2, 0.25) is 0 Å². The van der Waals surface area contributed by atoms with E-state index in [1.54, 1.807) is 0 Å². The molecule has 1 aliphatic heterocycles. The van der Waals surface area contributed by atoms with Crippen molar-refractivity contribution in [2.24, 2.45) is 11.3 Å². The van der Waals surface area contributed by atoms with E-state index in [0.717, 1.165) is 38.8 Å². The molecular formula is C14H27NO2. The molecule has 3 heteroatoms. The Labute approximate surface area is 105 Å². The van der Waals surface area contributed by atoms with Crippen LogP contribution in [0.4, 0.5) is 0 Å². The van der Waals surface area contributed by atoms with Gasteiger partial charge in [-0.05, 0) is 38.3 Å². The van der Waals surface area contributed by atoms with Crippen LogP contribution in [-0.4, -0.2) is 24.2 Å². The number of carbonyl (C=O) groups is 1. The van der Waals surface area contributed by atoms with Gasteiger partial charge in [-0.2, -0.15) is 0 Å². The van der Waals surface area contributed by atoms with E-state index in [1.165, 1.54) is 19.3 Å². The molecule has 0 bridgehead atoms. The summed E-state index contributed by atoms with van der Waals surface area (Å²) >= 11 is 0. The highest BCUT2D eigenvalue weighted by molar-refractivity contribution is 5.74. The summed E-state index contributed by atoms with van der Waals surface area (Å²) in [6.45, 7) is 6.11. The predicted octanol–water partition coefficient (Wildman–Crippen LogP) is 3.05. The minimum atomic E-state index is -0.575. The molecule has 0 amide bonds. The van der Waals surface area contributed by atoms with Crippen molar-refractivity contribution in [1.29, 1.82) is 0 Å². The van der Waals surface area contributed by atoms with E-state index in [9.17, 15) is 9.90 Å².